The van der Waals surface area contributed by atoms with Gasteiger partial charge in [0.15, 0.2) is 0 Å². The SMILES string of the molecule is Cc1ccc([Si](C)(C)C)cc1OC(C)C. The van der Waals surface area contributed by atoms with Gasteiger partial charge in [-0.3, -0.25) is 0 Å². The number of ether oxygens (including phenoxy) is 1. The first-order valence-electron chi connectivity index (χ1n) is 5.58. The average Bonchev–Trinajstić information content (AvgIpc) is 2.06. The van der Waals surface area contributed by atoms with E-state index in [-0.39, 0.29) is 6.10 Å². The van der Waals surface area contributed by atoms with Crippen molar-refractivity contribution in [3.8, 4) is 5.75 Å². The summed E-state index contributed by atoms with van der Waals surface area (Å²) in [5, 5.41) is 1.46. The van der Waals surface area contributed by atoms with Crippen LogP contribution in [-0.2, 0) is 0 Å². The molecular formula is C13H22OSi. The lowest BCUT2D eigenvalue weighted by atomic mass is 10.2. The Morgan fingerprint density at radius 1 is 1.13 bits per heavy atom. The molecule has 2 heteroatoms. The third-order valence-corrected chi connectivity index (χ3v) is 4.46. The fourth-order valence-corrected chi connectivity index (χ4v) is 2.59. The minimum absolute atomic E-state index is 0.251. The van der Waals surface area contributed by atoms with Gasteiger partial charge in [0.25, 0.3) is 0 Å². The van der Waals surface area contributed by atoms with Crippen molar-refractivity contribution >= 4 is 13.3 Å². The van der Waals surface area contributed by atoms with Crippen molar-refractivity contribution < 1.29 is 4.74 Å². The number of aryl methyl sites for hydroxylation is 1. The average molecular weight is 222 g/mol. The number of hydrogen-bond acceptors (Lipinski definition) is 1. The molecule has 0 amide bonds. The summed E-state index contributed by atoms with van der Waals surface area (Å²) in [7, 11) is -1.22. The summed E-state index contributed by atoms with van der Waals surface area (Å²) in [6.07, 6.45) is 0.251. The minimum atomic E-state index is -1.22. The quantitative estimate of drug-likeness (QED) is 0.713. The van der Waals surface area contributed by atoms with Crippen LogP contribution in [0.2, 0.25) is 19.6 Å². The van der Waals surface area contributed by atoms with Crippen molar-refractivity contribution in [2.75, 3.05) is 0 Å². The molecule has 0 bridgehead atoms. The van der Waals surface area contributed by atoms with E-state index in [2.05, 4.69) is 58.6 Å². The molecule has 1 nitrogen and oxygen atoms in total. The van der Waals surface area contributed by atoms with E-state index >= 15 is 0 Å². The van der Waals surface area contributed by atoms with Gasteiger partial charge >= 0.3 is 0 Å². The molecular weight excluding hydrogens is 200 g/mol. The fraction of sp³-hybridized carbons (Fsp3) is 0.538. The van der Waals surface area contributed by atoms with Crippen LogP contribution in [-0.4, -0.2) is 14.2 Å². The van der Waals surface area contributed by atoms with Crippen molar-refractivity contribution in [1.82, 2.24) is 0 Å². The maximum absolute atomic E-state index is 5.80. The summed E-state index contributed by atoms with van der Waals surface area (Å²) in [5.41, 5.74) is 1.23. The molecule has 0 aliphatic carbocycles. The Morgan fingerprint density at radius 3 is 2.20 bits per heavy atom. The van der Waals surface area contributed by atoms with Crippen LogP contribution in [0.5, 0.6) is 5.75 Å². The van der Waals surface area contributed by atoms with Gasteiger partial charge in [-0.25, -0.2) is 0 Å². The van der Waals surface area contributed by atoms with Crippen LogP contribution in [0.1, 0.15) is 19.4 Å². The highest BCUT2D eigenvalue weighted by atomic mass is 28.3. The number of hydrogen-bond donors (Lipinski definition) is 0. The van der Waals surface area contributed by atoms with E-state index in [1.54, 1.807) is 0 Å². The van der Waals surface area contributed by atoms with E-state index in [4.69, 9.17) is 4.74 Å². The molecule has 0 radical (unpaired) electrons. The second-order valence-electron chi connectivity index (χ2n) is 5.40. The summed E-state index contributed by atoms with van der Waals surface area (Å²) < 4.78 is 5.80. The summed E-state index contributed by atoms with van der Waals surface area (Å²) >= 11 is 0. The van der Waals surface area contributed by atoms with Crippen LogP contribution in [0.25, 0.3) is 0 Å². The first-order valence-corrected chi connectivity index (χ1v) is 9.08. The first-order chi connectivity index (χ1) is 6.80. The third kappa shape index (κ3) is 3.38. The van der Waals surface area contributed by atoms with Crippen LogP contribution in [0.3, 0.4) is 0 Å². The lowest BCUT2D eigenvalue weighted by Crippen LogP contribution is -2.37. The second kappa shape index (κ2) is 4.39. The Morgan fingerprint density at radius 2 is 1.73 bits per heavy atom. The summed E-state index contributed by atoms with van der Waals surface area (Å²) in [4.78, 5) is 0. The standard InChI is InChI=1S/C13H22OSi/c1-10(2)14-13-9-12(15(4,5)6)8-7-11(13)3/h7-10H,1-6H3. The zero-order valence-corrected chi connectivity index (χ0v) is 11.7. The van der Waals surface area contributed by atoms with Gasteiger partial charge in [0.1, 0.15) is 5.75 Å². The van der Waals surface area contributed by atoms with Gasteiger partial charge in [-0.1, -0.05) is 37.0 Å². The van der Waals surface area contributed by atoms with E-state index in [0.29, 0.717) is 0 Å². The lowest BCUT2D eigenvalue weighted by Gasteiger charge is -2.20. The van der Waals surface area contributed by atoms with E-state index in [1.165, 1.54) is 10.8 Å². The predicted octanol–water partition coefficient (Wildman–Crippen LogP) is 3.33. The van der Waals surface area contributed by atoms with Gasteiger partial charge in [-0.15, -0.1) is 0 Å². The normalized spacial score (nSPS) is 11.9. The zero-order chi connectivity index (χ0) is 11.6. The molecule has 0 N–H and O–H groups in total. The van der Waals surface area contributed by atoms with Gasteiger partial charge < -0.3 is 4.74 Å². The lowest BCUT2D eigenvalue weighted by molar-refractivity contribution is 0.241. The van der Waals surface area contributed by atoms with Crippen molar-refractivity contribution in [3.05, 3.63) is 23.8 Å². The topological polar surface area (TPSA) is 9.23 Å². The van der Waals surface area contributed by atoms with Crippen LogP contribution in [0.4, 0.5) is 0 Å². The van der Waals surface area contributed by atoms with Crippen LogP contribution < -0.4 is 9.92 Å². The molecule has 15 heavy (non-hydrogen) atoms. The van der Waals surface area contributed by atoms with Crippen LogP contribution >= 0.6 is 0 Å². The molecule has 0 fully saturated rings. The molecule has 1 aromatic carbocycles. The predicted molar refractivity (Wildman–Crippen MR) is 69.9 cm³/mol. The minimum Gasteiger partial charge on any atom is -0.491 e. The van der Waals surface area contributed by atoms with E-state index in [1.807, 2.05) is 0 Å². The molecule has 0 atom stereocenters. The molecule has 0 aromatic heterocycles. The Kier molecular flexibility index (Phi) is 3.61. The molecule has 1 aromatic rings. The van der Waals surface area contributed by atoms with Crippen LogP contribution in [0.15, 0.2) is 18.2 Å². The molecule has 1 rings (SSSR count). The molecule has 0 saturated carbocycles. The fourth-order valence-electron chi connectivity index (χ4n) is 1.45. The van der Waals surface area contributed by atoms with E-state index in [9.17, 15) is 0 Å². The maximum atomic E-state index is 5.80. The largest absolute Gasteiger partial charge is 0.491 e. The van der Waals surface area contributed by atoms with Crippen LogP contribution in [0, 0.1) is 6.92 Å². The molecule has 0 heterocycles. The molecule has 0 saturated heterocycles. The molecule has 0 unspecified atom stereocenters. The number of rotatable bonds is 3. The first kappa shape index (κ1) is 12.3. The van der Waals surface area contributed by atoms with Crippen molar-refractivity contribution in [1.29, 1.82) is 0 Å². The maximum Gasteiger partial charge on any atom is 0.122 e. The van der Waals surface area contributed by atoms with Crippen molar-refractivity contribution in [2.24, 2.45) is 0 Å². The number of benzene rings is 1. The smallest absolute Gasteiger partial charge is 0.122 e. The molecule has 0 spiro atoms. The van der Waals surface area contributed by atoms with Gasteiger partial charge in [0, 0.05) is 0 Å². The summed E-state index contributed by atoms with van der Waals surface area (Å²) in [6.45, 7) is 13.3. The summed E-state index contributed by atoms with van der Waals surface area (Å²) in [5.74, 6) is 1.05. The highest BCUT2D eigenvalue weighted by Gasteiger charge is 2.17. The van der Waals surface area contributed by atoms with E-state index < -0.39 is 8.07 Å². The molecule has 0 aliphatic heterocycles. The van der Waals surface area contributed by atoms with Gasteiger partial charge in [0.2, 0.25) is 0 Å². The Bertz CT molecular complexity index is 337. The van der Waals surface area contributed by atoms with E-state index in [0.717, 1.165) is 5.75 Å². The highest BCUT2D eigenvalue weighted by Crippen LogP contribution is 2.18. The second-order valence-corrected chi connectivity index (χ2v) is 10.5. The summed E-state index contributed by atoms with van der Waals surface area (Å²) in [6, 6.07) is 6.64. The van der Waals surface area contributed by atoms with Gasteiger partial charge in [-0.2, -0.15) is 0 Å². The van der Waals surface area contributed by atoms with Gasteiger partial charge in [0.05, 0.1) is 14.2 Å². The Balaban J connectivity index is 3.06. The monoisotopic (exact) mass is 222 g/mol. The Hall–Kier alpha value is -0.763. The van der Waals surface area contributed by atoms with Crippen molar-refractivity contribution in [2.45, 2.75) is 46.5 Å². The van der Waals surface area contributed by atoms with Gasteiger partial charge in [-0.05, 0) is 32.4 Å². The molecule has 0 aliphatic rings. The Labute approximate surface area is 94.5 Å². The highest BCUT2D eigenvalue weighted by molar-refractivity contribution is 6.88. The molecule has 84 valence electrons. The third-order valence-electron chi connectivity index (χ3n) is 2.42. The van der Waals surface area contributed by atoms with Crippen molar-refractivity contribution in [3.63, 3.8) is 0 Å². The zero-order valence-electron chi connectivity index (χ0n) is 10.7.